The van der Waals surface area contributed by atoms with Gasteiger partial charge in [0.05, 0.1) is 12.1 Å². The Hall–Kier alpha value is -1.06. The van der Waals surface area contributed by atoms with Crippen molar-refractivity contribution >= 4 is 0 Å². The van der Waals surface area contributed by atoms with Gasteiger partial charge in [0.2, 0.25) is 0 Å². The van der Waals surface area contributed by atoms with Gasteiger partial charge in [0.25, 0.3) is 0 Å². The fourth-order valence-corrected chi connectivity index (χ4v) is 3.38. The third-order valence-corrected chi connectivity index (χ3v) is 4.40. The van der Waals surface area contributed by atoms with E-state index in [0.29, 0.717) is 12.1 Å². The molecule has 0 bridgehead atoms. The van der Waals surface area contributed by atoms with E-state index >= 15 is 0 Å². The quantitative estimate of drug-likeness (QED) is 0.863. The van der Waals surface area contributed by atoms with Crippen LogP contribution in [0.1, 0.15) is 44.7 Å². The lowest BCUT2D eigenvalue weighted by Gasteiger charge is -2.41. The Kier molecular flexibility index (Phi) is 4.27. The summed E-state index contributed by atoms with van der Waals surface area (Å²) < 4.78 is 6.04. The molecule has 2 aliphatic rings. The maximum atomic E-state index is 6.04. The molecular formula is C17H26N2O. The van der Waals surface area contributed by atoms with E-state index in [1.807, 2.05) is 0 Å². The average Bonchev–Trinajstić information content (AvgIpc) is 3.30. The number of fused-ring (bicyclic) bond motifs is 1. The molecule has 110 valence electrons. The average molecular weight is 274 g/mol. The smallest absolute Gasteiger partial charge is 0.124 e. The van der Waals surface area contributed by atoms with E-state index in [9.17, 15) is 0 Å². The summed E-state index contributed by atoms with van der Waals surface area (Å²) in [6.45, 7) is 7.46. The van der Waals surface area contributed by atoms with Crippen LogP contribution < -0.4 is 10.1 Å². The molecule has 3 heteroatoms. The molecule has 0 amide bonds. The van der Waals surface area contributed by atoms with Crippen LogP contribution in [0.15, 0.2) is 24.3 Å². The van der Waals surface area contributed by atoms with E-state index in [4.69, 9.17) is 4.74 Å². The van der Waals surface area contributed by atoms with Gasteiger partial charge >= 0.3 is 0 Å². The second kappa shape index (κ2) is 6.15. The number of nitrogens with zero attached hydrogens (tertiary/aromatic N) is 1. The molecule has 0 aromatic heterocycles. The minimum atomic E-state index is 0.400. The van der Waals surface area contributed by atoms with E-state index in [-0.39, 0.29) is 0 Å². The molecule has 1 aliphatic carbocycles. The van der Waals surface area contributed by atoms with Gasteiger partial charge in [-0.15, -0.1) is 0 Å². The summed E-state index contributed by atoms with van der Waals surface area (Å²) in [6.07, 6.45) is 3.93. The summed E-state index contributed by atoms with van der Waals surface area (Å²) in [5, 5.41) is 3.69. The zero-order chi connectivity index (χ0) is 13.9. The number of ether oxygens (including phenoxy) is 1. The molecule has 2 unspecified atom stereocenters. The zero-order valence-corrected chi connectivity index (χ0v) is 12.6. The molecule has 1 N–H and O–H groups in total. The molecule has 0 radical (unpaired) electrons. The summed E-state index contributed by atoms with van der Waals surface area (Å²) in [5.74, 6) is 1.06. The van der Waals surface area contributed by atoms with Crippen LogP contribution in [0.4, 0.5) is 0 Å². The van der Waals surface area contributed by atoms with Gasteiger partial charge in [0.1, 0.15) is 12.4 Å². The molecule has 20 heavy (non-hydrogen) atoms. The van der Waals surface area contributed by atoms with Crippen molar-refractivity contribution in [1.82, 2.24) is 10.2 Å². The fourth-order valence-electron chi connectivity index (χ4n) is 3.38. The third kappa shape index (κ3) is 2.70. The third-order valence-electron chi connectivity index (χ3n) is 4.40. The number of benzene rings is 1. The van der Waals surface area contributed by atoms with E-state index in [1.54, 1.807) is 0 Å². The van der Waals surface area contributed by atoms with Gasteiger partial charge in [-0.1, -0.05) is 32.0 Å². The Labute approximate surface area is 122 Å². The highest BCUT2D eigenvalue weighted by Crippen LogP contribution is 2.38. The van der Waals surface area contributed by atoms with Crippen LogP contribution >= 0.6 is 0 Å². The van der Waals surface area contributed by atoms with Gasteiger partial charge in [-0.2, -0.15) is 0 Å². The number of rotatable bonds is 6. The summed E-state index contributed by atoms with van der Waals surface area (Å²) >= 11 is 0. The molecule has 1 aromatic rings. The first-order chi connectivity index (χ1) is 9.85. The topological polar surface area (TPSA) is 24.5 Å². The molecule has 3 nitrogen and oxygen atoms in total. The van der Waals surface area contributed by atoms with Crippen LogP contribution in [-0.4, -0.2) is 36.7 Å². The molecular weight excluding hydrogens is 248 g/mol. The van der Waals surface area contributed by atoms with E-state index < -0.39 is 0 Å². The van der Waals surface area contributed by atoms with Crippen molar-refractivity contribution in [3.8, 4) is 5.75 Å². The van der Waals surface area contributed by atoms with Gasteiger partial charge in [0, 0.05) is 11.6 Å². The number of hydrogen-bond acceptors (Lipinski definition) is 3. The normalized spacial score (nSPS) is 25.4. The fraction of sp³-hybridized carbons (Fsp3) is 0.647. The SMILES string of the molecule is CCCN(C1CC1)C1COc2ccccc2C1NCC. The monoisotopic (exact) mass is 274 g/mol. The zero-order valence-electron chi connectivity index (χ0n) is 12.6. The Balaban J connectivity index is 1.86. The minimum Gasteiger partial charge on any atom is -0.492 e. The van der Waals surface area contributed by atoms with Crippen molar-refractivity contribution in [3.63, 3.8) is 0 Å². The van der Waals surface area contributed by atoms with Crippen LogP contribution in [0.3, 0.4) is 0 Å². The largest absolute Gasteiger partial charge is 0.492 e. The predicted octanol–water partition coefficient (Wildman–Crippen LogP) is 2.97. The second-order valence-corrected chi connectivity index (χ2v) is 5.92. The molecule has 1 aromatic carbocycles. The van der Waals surface area contributed by atoms with Crippen molar-refractivity contribution in [2.24, 2.45) is 0 Å². The van der Waals surface area contributed by atoms with Crippen LogP contribution in [0, 0.1) is 0 Å². The van der Waals surface area contributed by atoms with Crippen molar-refractivity contribution < 1.29 is 4.74 Å². The van der Waals surface area contributed by atoms with Crippen LogP contribution in [0.2, 0.25) is 0 Å². The Morgan fingerprint density at radius 1 is 1.25 bits per heavy atom. The lowest BCUT2D eigenvalue weighted by molar-refractivity contribution is 0.0796. The molecule has 1 aliphatic heterocycles. The van der Waals surface area contributed by atoms with Gasteiger partial charge in [-0.3, -0.25) is 4.90 Å². The molecule has 1 fully saturated rings. The highest BCUT2D eigenvalue weighted by molar-refractivity contribution is 5.39. The maximum absolute atomic E-state index is 6.04. The Bertz CT molecular complexity index is 444. The van der Waals surface area contributed by atoms with Crippen molar-refractivity contribution in [1.29, 1.82) is 0 Å². The summed E-state index contributed by atoms with van der Waals surface area (Å²) in [6, 6.07) is 10.1. The number of likely N-dealkylation sites (N-methyl/N-ethyl adjacent to an activating group) is 1. The van der Waals surface area contributed by atoms with Gasteiger partial charge < -0.3 is 10.1 Å². The van der Waals surface area contributed by atoms with E-state index in [2.05, 4.69) is 48.3 Å². The molecule has 3 rings (SSSR count). The lowest BCUT2D eigenvalue weighted by Crippen LogP contribution is -2.51. The lowest BCUT2D eigenvalue weighted by atomic mass is 9.94. The number of hydrogen-bond donors (Lipinski definition) is 1. The number of para-hydroxylation sites is 1. The summed E-state index contributed by atoms with van der Waals surface area (Å²) in [7, 11) is 0. The van der Waals surface area contributed by atoms with E-state index in [0.717, 1.165) is 24.9 Å². The molecule has 1 heterocycles. The number of nitrogens with one attached hydrogen (secondary N) is 1. The summed E-state index contributed by atoms with van der Waals surface area (Å²) in [4.78, 5) is 2.68. The van der Waals surface area contributed by atoms with E-state index in [1.165, 1.54) is 31.4 Å². The molecule has 1 saturated carbocycles. The Morgan fingerprint density at radius 2 is 2.05 bits per heavy atom. The Morgan fingerprint density at radius 3 is 2.75 bits per heavy atom. The standard InChI is InChI=1S/C17H26N2O/c1-3-11-19(13-9-10-13)15-12-20-16-8-6-5-7-14(16)17(15)18-4-2/h5-8,13,15,17-18H,3-4,9-12H2,1-2H3. The highest BCUT2D eigenvalue weighted by atomic mass is 16.5. The molecule has 2 atom stereocenters. The van der Waals surface area contributed by atoms with Crippen molar-refractivity contribution in [3.05, 3.63) is 29.8 Å². The van der Waals surface area contributed by atoms with Crippen LogP contribution in [0.5, 0.6) is 5.75 Å². The van der Waals surface area contributed by atoms with Gasteiger partial charge in [-0.05, 0) is 38.4 Å². The van der Waals surface area contributed by atoms with Crippen molar-refractivity contribution in [2.75, 3.05) is 19.7 Å². The van der Waals surface area contributed by atoms with Crippen molar-refractivity contribution in [2.45, 2.75) is 51.2 Å². The second-order valence-electron chi connectivity index (χ2n) is 5.92. The van der Waals surface area contributed by atoms with Gasteiger partial charge in [-0.25, -0.2) is 0 Å². The molecule has 0 saturated heterocycles. The highest BCUT2D eigenvalue weighted by Gasteiger charge is 2.40. The van der Waals surface area contributed by atoms with Crippen LogP contribution in [-0.2, 0) is 0 Å². The summed E-state index contributed by atoms with van der Waals surface area (Å²) in [5.41, 5.74) is 1.33. The first-order valence-electron chi connectivity index (χ1n) is 8.06. The first kappa shape index (κ1) is 13.9. The van der Waals surface area contributed by atoms with Gasteiger partial charge in [0.15, 0.2) is 0 Å². The molecule has 0 spiro atoms. The maximum Gasteiger partial charge on any atom is 0.124 e. The van der Waals surface area contributed by atoms with Crippen LogP contribution in [0.25, 0.3) is 0 Å². The first-order valence-corrected chi connectivity index (χ1v) is 8.06. The minimum absolute atomic E-state index is 0.400. The predicted molar refractivity (Wildman–Crippen MR) is 82.2 cm³/mol.